The van der Waals surface area contributed by atoms with Crippen LogP contribution >= 0.6 is 7.60 Å². The van der Waals surface area contributed by atoms with Crippen LogP contribution in [0.1, 0.15) is 51.9 Å². The van der Waals surface area contributed by atoms with Crippen LogP contribution in [0.15, 0.2) is 30.3 Å². The summed E-state index contributed by atoms with van der Waals surface area (Å²) in [6.07, 6.45) is 0. The Hall–Kier alpha value is -0.526. The van der Waals surface area contributed by atoms with Gasteiger partial charge in [-0.3, -0.25) is 9.36 Å². The molecule has 0 saturated carbocycles. The molecule has 7 heteroatoms. The van der Waals surface area contributed by atoms with Gasteiger partial charge in [-0.05, 0) is 36.3 Å². The average molecular weight is 415 g/mol. The number of benzene rings is 1. The second kappa shape index (κ2) is 10.1. The highest BCUT2D eigenvalue weighted by atomic mass is 31.2. The number of hydrogen-bond donors (Lipinski definition) is 0. The van der Waals surface area contributed by atoms with Crippen LogP contribution in [-0.2, 0) is 13.0 Å². The minimum atomic E-state index is -3.89. The van der Waals surface area contributed by atoms with Crippen LogP contribution in [0.4, 0.5) is 0 Å². The first kappa shape index (κ1) is 23.5. The molecule has 0 spiro atoms. The van der Waals surface area contributed by atoms with E-state index in [1.54, 1.807) is 24.3 Å². The van der Waals surface area contributed by atoms with E-state index < -0.39 is 29.8 Å². The Morgan fingerprint density at radius 2 is 1.12 bits per heavy atom. The Balaban J connectivity index is 3.41. The minimum absolute atomic E-state index is 0.410. The molecular formula is C19H35O4PSi2. The highest BCUT2D eigenvalue weighted by Gasteiger charge is 2.48. The molecule has 1 aromatic rings. The van der Waals surface area contributed by atoms with Gasteiger partial charge in [0.25, 0.3) is 5.52 Å². The molecule has 4 nitrogen and oxygen atoms in total. The standard InChI is InChI=1S/C19H35O4PSi2/c1-7-25(8-2,9-3)22-24(21,23-26(10-4,11-5)12-6)19(20)18-16-14-13-15-17-18/h13-17H,7-12H2,1-6H3. The Morgan fingerprint density at radius 1 is 0.769 bits per heavy atom. The summed E-state index contributed by atoms with van der Waals surface area (Å²) in [6.45, 7) is 12.4. The van der Waals surface area contributed by atoms with Crippen molar-refractivity contribution in [3.63, 3.8) is 0 Å². The van der Waals surface area contributed by atoms with Gasteiger partial charge >= 0.3 is 7.60 Å². The molecule has 0 unspecified atom stereocenters. The van der Waals surface area contributed by atoms with E-state index in [0.29, 0.717) is 5.56 Å². The predicted molar refractivity (Wildman–Crippen MR) is 115 cm³/mol. The molecule has 0 aliphatic carbocycles. The van der Waals surface area contributed by atoms with Crippen LogP contribution < -0.4 is 0 Å². The zero-order chi connectivity index (χ0) is 19.8. The van der Waals surface area contributed by atoms with E-state index in [1.807, 2.05) is 6.07 Å². The third-order valence-electron chi connectivity index (χ3n) is 5.76. The second-order valence-electron chi connectivity index (χ2n) is 6.84. The van der Waals surface area contributed by atoms with E-state index in [4.69, 9.17) is 8.43 Å². The Morgan fingerprint density at radius 3 is 1.42 bits per heavy atom. The number of carbonyl (C=O) groups is 1. The van der Waals surface area contributed by atoms with Crippen molar-refractivity contribution in [2.24, 2.45) is 0 Å². The van der Waals surface area contributed by atoms with Crippen LogP contribution in [0.25, 0.3) is 0 Å². The van der Waals surface area contributed by atoms with Crippen molar-refractivity contribution in [2.75, 3.05) is 0 Å². The molecule has 0 fully saturated rings. The molecule has 26 heavy (non-hydrogen) atoms. The van der Waals surface area contributed by atoms with Crippen molar-refractivity contribution in [2.45, 2.75) is 77.8 Å². The summed E-state index contributed by atoms with van der Waals surface area (Å²) < 4.78 is 26.6. The summed E-state index contributed by atoms with van der Waals surface area (Å²) in [5.41, 5.74) is -0.0641. The first-order valence-electron chi connectivity index (χ1n) is 9.91. The van der Waals surface area contributed by atoms with Crippen LogP contribution in [0, 0.1) is 0 Å². The van der Waals surface area contributed by atoms with Gasteiger partial charge in [0, 0.05) is 5.56 Å². The van der Waals surface area contributed by atoms with E-state index >= 15 is 0 Å². The number of carbonyl (C=O) groups excluding carboxylic acids is 1. The third kappa shape index (κ3) is 5.26. The van der Waals surface area contributed by atoms with Gasteiger partial charge in [-0.25, -0.2) is 0 Å². The molecule has 0 aromatic heterocycles. The first-order chi connectivity index (χ1) is 12.3. The van der Waals surface area contributed by atoms with Crippen molar-refractivity contribution in [1.82, 2.24) is 0 Å². The van der Waals surface area contributed by atoms with E-state index in [9.17, 15) is 9.36 Å². The molecule has 1 rings (SSSR count). The molecule has 0 amide bonds. The maximum Gasteiger partial charge on any atom is 0.382 e. The number of hydrogen-bond acceptors (Lipinski definition) is 4. The fourth-order valence-electron chi connectivity index (χ4n) is 3.24. The van der Waals surface area contributed by atoms with Gasteiger partial charge in [-0.2, -0.15) is 0 Å². The lowest BCUT2D eigenvalue weighted by Gasteiger charge is -2.37. The van der Waals surface area contributed by atoms with Crippen molar-refractivity contribution >= 4 is 29.8 Å². The highest BCUT2D eigenvalue weighted by Crippen LogP contribution is 2.58. The lowest BCUT2D eigenvalue weighted by Crippen LogP contribution is -2.40. The fourth-order valence-corrected chi connectivity index (χ4v) is 15.0. The lowest BCUT2D eigenvalue weighted by molar-refractivity contribution is 0.104. The third-order valence-corrected chi connectivity index (χ3v) is 19.3. The van der Waals surface area contributed by atoms with Gasteiger partial charge in [0.15, 0.2) is 0 Å². The van der Waals surface area contributed by atoms with Crippen molar-refractivity contribution in [3.8, 4) is 0 Å². The molecule has 0 N–H and O–H groups in total. The average Bonchev–Trinajstić information content (AvgIpc) is 2.70. The molecule has 0 aliphatic rings. The molecule has 0 heterocycles. The molecule has 0 aliphatic heterocycles. The summed E-state index contributed by atoms with van der Waals surface area (Å²) in [4.78, 5) is 13.2. The van der Waals surface area contributed by atoms with Gasteiger partial charge in [0.05, 0.1) is 0 Å². The molecule has 0 bridgehead atoms. The SMILES string of the molecule is CC[Si](CC)(CC)OP(=O)(O[Si](CC)(CC)CC)C(=O)c1ccccc1. The predicted octanol–water partition coefficient (Wildman–Crippen LogP) is 7.06. The van der Waals surface area contributed by atoms with Crippen molar-refractivity contribution in [3.05, 3.63) is 35.9 Å². The second-order valence-corrected chi connectivity index (χ2v) is 18.7. The molecule has 0 atom stereocenters. The maximum absolute atomic E-state index is 14.0. The highest BCUT2D eigenvalue weighted by molar-refractivity contribution is 7.74. The largest absolute Gasteiger partial charge is 0.382 e. The smallest absolute Gasteiger partial charge is 0.345 e. The summed E-state index contributed by atoms with van der Waals surface area (Å²) >= 11 is 0. The normalized spacial score (nSPS) is 13.0. The summed E-state index contributed by atoms with van der Waals surface area (Å²) in [6, 6.07) is 13.8. The van der Waals surface area contributed by atoms with E-state index in [-0.39, 0.29) is 0 Å². The lowest BCUT2D eigenvalue weighted by atomic mass is 10.2. The quantitative estimate of drug-likeness (QED) is 0.271. The van der Waals surface area contributed by atoms with E-state index in [2.05, 4.69) is 41.5 Å². The Labute approximate surface area is 161 Å². The van der Waals surface area contributed by atoms with Crippen LogP contribution in [0.3, 0.4) is 0 Å². The van der Waals surface area contributed by atoms with Crippen molar-refractivity contribution in [1.29, 1.82) is 0 Å². The topological polar surface area (TPSA) is 52.6 Å². The molecule has 0 radical (unpaired) electrons. The zero-order valence-electron chi connectivity index (χ0n) is 17.2. The fraction of sp³-hybridized carbons (Fsp3) is 0.632. The Bertz CT molecular complexity index is 571. The minimum Gasteiger partial charge on any atom is -0.345 e. The van der Waals surface area contributed by atoms with Crippen LogP contribution in [-0.4, -0.2) is 22.2 Å². The first-order valence-corrected chi connectivity index (χ1v) is 16.5. The van der Waals surface area contributed by atoms with Gasteiger partial charge < -0.3 is 8.43 Å². The van der Waals surface area contributed by atoms with Crippen LogP contribution in [0.2, 0.25) is 36.3 Å². The summed E-state index contributed by atoms with van der Waals surface area (Å²) in [7, 11) is -8.44. The summed E-state index contributed by atoms with van der Waals surface area (Å²) in [5.74, 6) is 0. The number of rotatable bonds is 12. The maximum atomic E-state index is 14.0. The molecule has 1 aromatic carbocycles. The van der Waals surface area contributed by atoms with Gasteiger partial charge in [0.1, 0.15) is 0 Å². The monoisotopic (exact) mass is 414 g/mol. The molecule has 0 saturated heterocycles. The molecular weight excluding hydrogens is 379 g/mol. The zero-order valence-corrected chi connectivity index (χ0v) is 20.1. The molecule has 148 valence electrons. The van der Waals surface area contributed by atoms with E-state index in [0.717, 1.165) is 36.3 Å². The van der Waals surface area contributed by atoms with Crippen molar-refractivity contribution < 1.29 is 17.8 Å². The summed E-state index contributed by atoms with van der Waals surface area (Å²) in [5, 5.41) is 0. The van der Waals surface area contributed by atoms with Crippen LogP contribution in [0.5, 0.6) is 0 Å². The van der Waals surface area contributed by atoms with Gasteiger partial charge in [0.2, 0.25) is 16.6 Å². The Kier molecular flexibility index (Phi) is 9.17. The van der Waals surface area contributed by atoms with Gasteiger partial charge in [-0.15, -0.1) is 0 Å². The van der Waals surface area contributed by atoms with Gasteiger partial charge in [-0.1, -0.05) is 71.9 Å². The van der Waals surface area contributed by atoms with E-state index in [1.165, 1.54) is 0 Å².